The maximum absolute atomic E-state index is 5.92. The fraction of sp³-hybridized carbons (Fsp3) is 0.182. The molecule has 2 aromatic rings. The van der Waals surface area contributed by atoms with Crippen LogP contribution in [-0.2, 0) is 6.54 Å². The first-order valence-electron chi connectivity index (χ1n) is 4.98. The van der Waals surface area contributed by atoms with Crippen molar-refractivity contribution < 1.29 is 4.74 Å². The van der Waals surface area contributed by atoms with E-state index in [-0.39, 0.29) is 0 Å². The maximum atomic E-state index is 5.92. The molecule has 5 nitrogen and oxygen atoms in total. The minimum atomic E-state index is 0.494. The molecule has 0 saturated carbocycles. The van der Waals surface area contributed by atoms with E-state index in [9.17, 15) is 0 Å². The van der Waals surface area contributed by atoms with E-state index in [0.29, 0.717) is 23.3 Å². The molecule has 0 amide bonds. The molecular weight excluding hydrogens is 240 g/mol. The van der Waals surface area contributed by atoms with E-state index in [1.165, 1.54) is 6.33 Å². The summed E-state index contributed by atoms with van der Waals surface area (Å²) in [5, 5.41) is 3.60. The van der Waals surface area contributed by atoms with Crippen LogP contribution in [0.25, 0.3) is 0 Å². The van der Waals surface area contributed by atoms with E-state index in [1.54, 1.807) is 25.6 Å². The van der Waals surface area contributed by atoms with Gasteiger partial charge in [0, 0.05) is 18.8 Å². The molecule has 0 aromatic carbocycles. The molecule has 0 aliphatic heterocycles. The lowest BCUT2D eigenvalue weighted by Gasteiger charge is -2.06. The molecule has 88 valence electrons. The molecule has 0 unspecified atom stereocenters. The van der Waals surface area contributed by atoms with Crippen molar-refractivity contribution in [2.75, 3.05) is 12.4 Å². The smallest absolute Gasteiger partial charge is 0.212 e. The van der Waals surface area contributed by atoms with E-state index >= 15 is 0 Å². The quantitative estimate of drug-likeness (QED) is 0.901. The predicted octanol–water partition coefficient (Wildman–Crippen LogP) is 2.15. The Labute approximate surface area is 104 Å². The van der Waals surface area contributed by atoms with Gasteiger partial charge in [0.1, 0.15) is 17.2 Å². The Morgan fingerprint density at radius 2 is 2.18 bits per heavy atom. The maximum Gasteiger partial charge on any atom is 0.212 e. The molecule has 1 N–H and O–H groups in total. The van der Waals surface area contributed by atoms with E-state index in [0.717, 1.165) is 5.56 Å². The van der Waals surface area contributed by atoms with Crippen molar-refractivity contribution in [2.45, 2.75) is 6.54 Å². The van der Waals surface area contributed by atoms with Crippen molar-refractivity contribution in [3.8, 4) is 5.88 Å². The molecule has 2 heterocycles. The molecule has 0 spiro atoms. The van der Waals surface area contributed by atoms with E-state index in [4.69, 9.17) is 16.3 Å². The monoisotopic (exact) mass is 250 g/mol. The number of pyridine rings is 1. The first kappa shape index (κ1) is 11.6. The zero-order valence-electron chi connectivity index (χ0n) is 9.22. The Bertz CT molecular complexity index is 489. The highest BCUT2D eigenvalue weighted by molar-refractivity contribution is 6.32. The van der Waals surface area contributed by atoms with Gasteiger partial charge < -0.3 is 10.1 Å². The summed E-state index contributed by atoms with van der Waals surface area (Å²) in [6.45, 7) is 0.591. The number of aromatic nitrogens is 3. The lowest BCUT2D eigenvalue weighted by Crippen LogP contribution is -2.02. The molecule has 0 atom stereocenters. The van der Waals surface area contributed by atoms with Gasteiger partial charge in [-0.05, 0) is 5.56 Å². The third-order valence-corrected chi connectivity index (χ3v) is 2.41. The third kappa shape index (κ3) is 3.04. The molecule has 0 saturated heterocycles. The summed E-state index contributed by atoms with van der Waals surface area (Å²) < 4.78 is 4.98. The summed E-state index contributed by atoms with van der Waals surface area (Å²) >= 11 is 5.92. The molecule has 6 heteroatoms. The van der Waals surface area contributed by atoms with Crippen LogP contribution >= 0.6 is 11.6 Å². The molecule has 2 rings (SSSR count). The van der Waals surface area contributed by atoms with Gasteiger partial charge in [0.2, 0.25) is 5.88 Å². The van der Waals surface area contributed by atoms with Gasteiger partial charge in [-0.2, -0.15) is 0 Å². The highest BCUT2D eigenvalue weighted by atomic mass is 35.5. The summed E-state index contributed by atoms with van der Waals surface area (Å²) in [5.41, 5.74) is 1.01. The fourth-order valence-corrected chi connectivity index (χ4v) is 1.44. The van der Waals surface area contributed by atoms with Crippen molar-refractivity contribution in [3.63, 3.8) is 0 Å². The number of nitrogens with one attached hydrogen (secondary N) is 1. The van der Waals surface area contributed by atoms with Gasteiger partial charge in [-0.3, -0.25) is 0 Å². The molecule has 0 aliphatic carbocycles. The average molecular weight is 251 g/mol. The van der Waals surface area contributed by atoms with Gasteiger partial charge >= 0.3 is 0 Å². The van der Waals surface area contributed by atoms with Crippen LogP contribution in [0.15, 0.2) is 30.9 Å². The SMILES string of the molecule is COc1ccc(CNc2ncncc2Cl)cn1. The van der Waals surface area contributed by atoms with Crippen LogP contribution in [0.5, 0.6) is 5.88 Å². The number of methoxy groups -OCH3 is 1. The van der Waals surface area contributed by atoms with Crippen LogP contribution in [0.2, 0.25) is 5.02 Å². The minimum Gasteiger partial charge on any atom is -0.481 e. The van der Waals surface area contributed by atoms with Gasteiger partial charge in [0.15, 0.2) is 0 Å². The van der Waals surface area contributed by atoms with E-state index in [2.05, 4.69) is 20.3 Å². The van der Waals surface area contributed by atoms with E-state index in [1.807, 2.05) is 6.07 Å². The van der Waals surface area contributed by atoms with Gasteiger partial charge in [-0.15, -0.1) is 0 Å². The average Bonchev–Trinajstić information content (AvgIpc) is 2.38. The first-order chi connectivity index (χ1) is 8.29. The number of ether oxygens (including phenoxy) is 1. The highest BCUT2D eigenvalue weighted by Crippen LogP contribution is 2.17. The zero-order chi connectivity index (χ0) is 12.1. The number of halogens is 1. The second-order valence-electron chi connectivity index (χ2n) is 3.28. The van der Waals surface area contributed by atoms with Crippen molar-refractivity contribution in [1.29, 1.82) is 0 Å². The summed E-state index contributed by atoms with van der Waals surface area (Å²) in [4.78, 5) is 11.9. The Morgan fingerprint density at radius 1 is 1.29 bits per heavy atom. The van der Waals surface area contributed by atoms with E-state index < -0.39 is 0 Å². The third-order valence-electron chi connectivity index (χ3n) is 2.13. The Morgan fingerprint density at radius 3 is 2.82 bits per heavy atom. The normalized spacial score (nSPS) is 10.0. The number of anilines is 1. The van der Waals surface area contributed by atoms with Crippen molar-refractivity contribution >= 4 is 17.4 Å². The Balaban J connectivity index is 2.00. The number of hydrogen-bond acceptors (Lipinski definition) is 5. The lowest BCUT2D eigenvalue weighted by atomic mass is 10.3. The molecule has 0 aliphatic rings. The molecule has 2 aromatic heterocycles. The number of hydrogen-bond donors (Lipinski definition) is 1. The fourth-order valence-electron chi connectivity index (χ4n) is 1.26. The lowest BCUT2D eigenvalue weighted by molar-refractivity contribution is 0.397. The predicted molar refractivity (Wildman–Crippen MR) is 65.2 cm³/mol. The van der Waals surface area contributed by atoms with Crippen molar-refractivity contribution in [2.24, 2.45) is 0 Å². The number of rotatable bonds is 4. The van der Waals surface area contributed by atoms with Crippen LogP contribution in [0.1, 0.15) is 5.56 Å². The Hall–Kier alpha value is -1.88. The summed E-state index contributed by atoms with van der Waals surface area (Å²) in [5.74, 6) is 1.20. The molecule has 0 radical (unpaired) electrons. The van der Waals surface area contributed by atoms with Gasteiger partial charge in [-0.25, -0.2) is 15.0 Å². The summed E-state index contributed by atoms with van der Waals surface area (Å²) in [7, 11) is 1.58. The number of nitrogens with zero attached hydrogens (tertiary/aromatic N) is 3. The second kappa shape index (κ2) is 5.45. The van der Waals surface area contributed by atoms with Gasteiger partial charge in [0.25, 0.3) is 0 Å². The summed E-state index contributed by atoms with van der Waals surface area (Å²) in [6.07, 6.45) is 4.73. The largest absolute Gasteiger partial charge is 0.481 e. The molecule has 17 heavy (non-hydrogen) atoms. The minimum absolute atomic E-state index is 0.494. The van der Waals surface area contributed by atoms with Crippen LogP contribution in [0, 0.1) is 0 Å². The second-order valence-corrected chi connectivity index (χ2v) is 3.69. The van der Waals surface area contributed by atoms with Crippen molar-refractivity contribution in [3.05, 3.63) is 41.4 Å². The Kier molecular flexibility index (Phi) is 3.72. The molecule has 0 bridgehead atoms. The zero-order valence-corrected chi connectivity index (χ0v) is 9.98. The standard InChI is InChI=1S/C11H11ClN4O/c1-17-10-3-2-8(4-14-10)5-15-11-9(12)6-13-7-16-11/h2-4,6-7H,5H2,1H3,(H,13,15,16). The first-order valence-corrected chi connectivity index (χ1v) is 5.35. The van der Waals surface area contributed by atoms with Crippen LogP contribution in [0.4, 0.5) is 5.82 Å². The molecular formula is C11H11ClN4O. The van der Waals surface area contributed by atoms with Gasteiger partial charge in [-0.1, -0.05) is 17.7 Å². The summed E-state index contributed by atoms with van der Waals surface area (Å²) in [6, 6.07) is 3.73. The van der Waals surface area contributed by atoms with Crippen molar-refractivity contribution in [1.82, 2.24) is 15.0 Å². The highest BCUT2D eigenvalue weighted by Gasteiger charge is 2.01. The topological polar surface area (TPSA) is 59.9 Å². The van der Waals surface area contributed by atoms with Crippen LogP contribution in [-0.4, -0.2) is 22.1 Å². The van der Waals surface area contributed by atoms with Gasteiger partial charge in [0.05, 0.1) is 13.3 Å². The van der Waals surface area contributed by atoms with Crippen LogP contribution < -0.4 is 10.1 Å². The van der Waals surface area contributed by atoms with Crippen LogP contribution in [0.3, 0.4) is 0 Å². The molecule has 0 fully saturated rings.